The number of benzene rings is 1. The zero-order chi connectivity index (χ0) is 15.6. The first-order valence-electron chi connectivity index (χ1n) is 7.11. The van der Waals surface area contributed by atoms with Gasteiger partial charge in [0.05, 0.1) is 9.92 Å². The molecule has 0 radical (unpaired) electrons. The van der Waals surface area contributed by atoms with Gasteiger partial charge in [0.1, 0.15) is 5.82 Å². The summed E-state index contributed by atoms with van der Waals surface area (Å²) in [5.41, 5.74) is 0.481. The topological polar surface area (TPSA) is 49.4 Å². The van der Waals surface area contributed by atoms with Crippen LogP contribution in [-0.4, -0.2) is 31.9 Å². The van der Waals surface area contributed by atoms with Crippen LogP contribution in [0, 0.1) is 5.82 Å². The summed E-state index contributed by atoms with van der Waals surface area (Å²) in [6.07, 6.45) is 2.19. The van der Waals surface area contributed by atoms with E-state index in [1.54, 1.807) is 13.8 Å². The Morgan fingerprint density at radius 1 is 1.33 bits per heavy atom. The van der Waals surface area contributed by atoms with Gasteiger partial charge in [-0.05, 0) is 30.5 Å². The molecule has 0 aromatic heterocycles. The van der Waals surface area contributed by atoms with E-state index in [0.717, 1.165) is 18.9 Å². The van der Waals surface area contributed by atoms with Crippen LogP contribution in [0.15, 0.2) is 17.0 Å². The minimum absolute atomic E-state index is 0.0124. The molecule has 0 heterocycles. The van der Waals surface area contributed by atoms with Crippen LogP contribution in [0.4, 0.5) is 4.39 Å². The van der Waals surface area contributed by atoms with Gasteiger partial charge in [0.25, 0.3) is 0 Å². The van der Waals surface area contributed by atoms with Gasteiger partial charge >= 0.3 is 0 Å². The fourth-order valence-corrected chi connectivity index (χ4v) is 3.85. The molecule has 1 N–H and O–H groups in total. The maximum absolute atomic E-state index is 13.9. The van der Waals surface area contributed by atoms with Crippen LogP contribution in [-0.2, 0) is 16.6 Å². The van der Waals surface area contributed by atoms with Gasteiger partial charge in [0, 0.05) is 25.7 Å². The summed E-state index contributed by atoms with van der Waals surface area (Å²) in [6, 6.07) is 2.90. The lowest BCUT2D eigenvalue weighted by Crippen LogP contribution is -2.31. The third kappa shape index (κ3) is 3.74. The highest BCUT2D eigenvalue weighted by molar-refractivity contribution is 7.89. The minimum atomic E-state index is -3.68. The Hall–Kier alpha value is -0.690. The monoisotopic (exact) mass is 334 g/mol. The van der Waals surface area contributed by atoms with E-state index in [1.165, 1.54) is 10.4 Å². The van der Waals surface area contributed by atoms with E-state index in [2.05, 4.69) is 5.32 Å². The summed E-state index contributed by atoms with van der Waals surface area (Å²) in [7, 11) is -3.68. The van der Waals surface area contributed by atoms with E-state index >= 15 is 0 Å². The molecule has 0 atom stereocenters. The quantitative estimate of drug-likeness (QED) is 0.834. The van der Waals surface area contributed by atoms with Crippen LogP contribution in [0.3, 0.4) is 0 Å². The van der Waals surface area contributed by atoms with Crippen molar-refractivity contribution in [2.24, 2.45) is 0 Å². The van der Waals surface area contributed by atoms with Crippen molar-refractivity contribution >= 4 is 21.6 Å². The maximum atomic E-state index is 13.9. The molecule has 118 valence electrons. The van der Waals surface area contributed by atoms with Crippen molar-refractivity contribution in [2.45, 2.75) is 44.2 Å². The molecule has 1 aliphatic carbocycles. The Kier molecular flexibility index (Phi) is 5.24. The number of hydrogen-bond acceptors (Lipinski definition) is 3. The van der Waals surface area contributed by atoms with Crippen molar-refractivity contribution in [3.63, 3.8) is 0 Å². The smallest absolute Gasteiger partial charge is 0.243 e. The zero-order valence-corrected chi connectivity index (χ0v) is 13.8. The predicted molar refractivity (Wildman–Crippen MR) is 81.4 cm³/mol. The summed E-state index contributed by atoms with van der Waals surface area (Å²) in [5, 5.41) is 3.20. The van der Waals surface area contributed by atoms with Crippen LogP contribution >= 0.6 is 11.6 Å². The fraction of sp³-hybridized carbons (Fsp3) is 0.571. The van der Waals surface area contributed by atoms with Crippen molar-refractivity contribution in [1.29, 1.82) is 0 Å². The van der Waals surface area contributed by atoms with Gasteiger partial charge in [-0.15, -0.1) is 0 Å². The Balaban J connectivity index is 2.34. The van der Waals surface area contributed by atoms with Gasteiger partial charge in [-0.1, -0.05) is 25.4 Å². The van der Waals surface area contributed by atoms with Gasteiger partial charge in [0.2, 0.25) is 10.0 Å². The van der Waals surface area contributed by atoms with Gasteiger partial charge in [-0.3, -0.25) is 0 Å². The van der Waals surface area contributed by atoms with Crippen molar-refractivity contribution in [3.8, 4) is 0 Å². The molecule has 0 amide bonds. The average Bonchev–Trinajstić information content (AvgIpc) is 3.25. The van der Waals surface area contributed by atoms with Crippen LogP contribution in [0.25, 0.3) is 0 Å². The molecule has 0 bridgehead atoms. The van der Waals surface area contributed by atoms with Gasteiger partial charge in [-0.2, -0.15) is 4.31 Å². The van der Waals surface area contributed by atoms with E-state index in [0.29, 0.717) is 31.2 Å². The molecule has 1 saturated carbocycles. The molecule has 7 heteroatoms. The molecule has 0 spiro atoms. The lowest BCUT2D eigenvalue weighted by atomic mass is 10.2. The Morgan fingerprint density at radius 3 is 2.48 bits per heavy atom. The van der Waals surface area contributed by atoms with Crippen molar-refractivity contribution in [1.82, 2.24) is 9.62 Å². The Labute approximate surface area is 130 Å². The largest absolute Gasteiger partial charge is 0.310 e. The number of rotatable bonds is 7. The van der Waals surface area contributed by atoms with Crippen LogP contribution in [0.2, 0.25) is 5.02 Å². The molecule has 1 aliphatic rings. The molecule has 1 aromatic rings. The molecule has 0 saturated heterocycles. The van der Waals surface area contributed by atoms with Gasteiger partial charge in [-0.25, -0.2) is 12.8 Å². The summed E-state index contributed by atoms with van der Waals surface area (Å²) < 4.78 is 40.2. The Morgan fingerprint density at radius 2 is 1.95 bits per heavy atom. The third-order valence-corrected chi connectivity index (χ3v) is 6.03. The van der Waals surface area contributed by atoms with E-state index in [4.69, 9.17) is 11.6 Å². The molecule has 2 rings (SSSR count). The van der Waals surface area contributed by atoms with E-state index in [9.17, 15) is 12.8 Å². The lowest BCUT2D eigenvalue weighted by molar-refractivity contribution is 0.444. The second kappa shape index (κ2) is 6.60. The highest BCUT2D eigenvalue weighted by atomic mass is 35.5. The second-order valence-electron chi connectivity index (χ2n) is 5.12. The molecule has 0 unspecified atom stereocenters. The number of halogens is 2. The van der Waals surface area contributed by atoms with Crippen LogP contribution in [0.5, 0.6) is 0 Å². The maximum Gasteiger partial charge on any atom is 0.243 e. The van der Waals surface area contributed by atoms with E-state index < -0.39 is 15.8 Å². The molecular weight excluding hydrogens is 315 g/mol. The normalized spacial score (nSPS) is 15.7. The van der Waals surface area contributed by atoms with E-state index in [1.807, 2.05) is 0 Å². The van der Waals surface area contributed by atoms with Crippen LogP contribution in [0.1, 0.15) is 32.3 Å². The zero-order valence-electron chi connectivity index (χ0n) is 12.2. The van der Waals surface area contributed by atoms with Gasteiger partial charge < -0.3 is 5.32 Å². The highest BCUT2D eigenvalue weighted by Gasteiger charge is 2.25. The SMILES string of the molecule is CCN(CC)S(=O)(=O)c1cc(F)c(Cl)c(CNC2CC2)c1. The average molecular weight is 335 g/mol. The molecule has 1 aromatic carbocycles. The minimum Gasteiger partial charge on any atom is -0.310 e. The standard InChI is InChI=1S/C14H20ClFN2O2S/c1-3-18(4-2)21(19,20)12-7-10(9-17-11-5-6-11)14(15)13(16)8-12/h7-8,11,17H,3-6,9H2,1-2H3. The number of sulfonamides is 1. The first kappa shape index (κ1) is 16.7. The number of nitrogens with zero attached hydrogens (tertiary/aromatic N) is 1. The van der Waals surface area contributed by atoms with Crippen molar-refractivity contribution < 1.29 is 12.8 Å². The fourth-order valence-electron chi connectivity index (χ4n) is 2.15. The molecule has 0 aliphatic heterocycles. The molecule has 21 heavy (non-hydrogen) atoms. The third-order valence-electron chi connectivity index (χ3n) is 3.58. The second-order valence-corrected chi connectivity index (χ2v) is 7.44. The predicted octanol–water partition coefficient (Wildman–Crippen LogP) is 2.76. The summed E-state index contributed by atoms with van der Waals surface area (Å²) in [5.74, 6) is -0.697. The molecule has 1 fully saturated rings. The Bertz CT molecular complexity index is 614. The first-order valence-corrected chi connectivity index (χ1v) is 8.93. The summed E-state index contributed by atoms with van der Waals surface area (Å²) >= 11 is 5.94. The van der Waals surface area contributed by atoms with Gasteiger partial charge in [0.15, 0.2) is 0 Å². The van der Waals surface area contributed by atoms with Crippen LogP contribution < -0.4 is 5.32 Å². The van der Waals surface area contributed by atoms with Crippen molar-refractivity contribution in [3.05, 3.63) is 28.5 Å². The van der Waals surface area contributed by atoms with Crippen molar-refractivity contribution in [2.75, 3.05) is 13.1 Å². The first-order chi connectivity index (χ1) is 9.90. The molecular formula is C14H20ClFN2O2S. The highest BCUT2D eigenvalue weighted by Crippen LogP contribution is 2.27. The number of nitrogens with one attached hydrogen (secondary N) is 1. The summed E-state index contributed by atoms with van der Waals surface area (Å²) in [6.45, 7) is 4.57. The van der Waals surface area contributed by atoms with E-state index in [-0.39, 0.29) is 9.92 Å². The lowest BCUT2D eigenvalue weighted by Gasteiger charge is -2.19. The molecule has 4 nitrogen and oxygen atoms in total. The summed E-state index contributed by atoms with van der Waals surface area (Å²) in [4.78, 5) is -0.0410. The number of hydrogen-bond donors (Lipinski definition) is 1.